The molecule has 43 heavy (non-hydrogen) atoms. The molecule has 1 aliphatic heterocycles. The first kappa shape index (κ1) is 23.9. The van der Waals surface area contributed by atoms with Gasteiger partial charge in [-0.15, -0.1) is 0 Å². The first-order valence-corrected chi connectivity index (χ1v) is 14.4. The highest BCUT2D eigenvalue weighted by atomic mass is 16.3. The van der Waals surface area contributed by atoms with Crippen molar-refractivity contribution in [3.63, 3.8) is 0 Å². The van der Waals surface area contributed by atoms with Gasteiger partial charge in [-0.2, -0.15) is 0 Å². The van der Waals surface area contributed by atoms with Crippen molar-refractivity contribution in [2.24, 2.45) is 0 Å². The number of furan rings is 2. The van der Waals surface area contributed by atoms with Gasteiger partial charge in [0.15, 0.2) is 5.58 Å². The van der Waals surface area contributed by atoms with Gasteiger partial charge in [-0.1, -0.05) is 54.6 Å². The zero-order valence-electron chi connectivity index (χ0n) is 23.1. The number of hydrogen-bond donors (Lipinski definition) is 1. The third-order valence-corrected chi connectivity index (χ3v) is 8.33. The quantitative estimate of drug-likeness (QED) is 0.234. The normalized spacial score (nSPS) is 12.7. The van der Waals surface area contributed by atoms with E-state index in [1.54, 1.807) is 0 Å². The van der Waals surface area contributed by atoms with E-state index in [4.69, 9.17) is 8.83 Å². The van der Waals surface area contributed by atoms with Crippen LogP contribution < -0.4 is 10.2 Å². The Morgan fingerprint density at radius 1 is 0.628 bits per heavy atom. The monoisotopic (exact) mass is 555 g/mol. The summed E-state index contributed by atoms with van der Waals surface area (Å²) in [5.74, 6) is 0.954. The Morgan fingerprint density at radius 2 is 1.49 bits per heavy atom. The zero-order chi connectivity index (χ0) is 28.3. The van der Waals surface area contributed by atoms with Crippen molar-refractivity contribution in [2.75, 3.05) is 4.90 Å². The van der Waals surface area contributed by atoms with Crippen molar-refractivity contribution >= 4 is 66.9 Å². The third kappa shape index (κ3) is 3.82. The summed E-state index contributed by atoms with van der Waals surface area (Å²) in [5.41, 5.74) is 9.87. The molecule has 1 N–H and O–H groups in total. The Labute approximate surface area is 247 Å². The minimum Gasteiger partial charge on any atom is -0.458 e. The number of rotatable bonds is 4. The molecule has 0 aliphatic carbocycles. The van der Waals surface area contributed by atoms with E-state index in [0.717, 1.165) is 61.4 Å². The lowest BCUT2D eigenvalue weighted by molar-refractivity contribution is 0.532. The number of nitrogens with one attached hydrogen (secondary N) is 1. The Morgan fingerprint density at radius 3 is 2.44 bits per heavy atom. The molecule has 1 aliphatic rings. The summed E-state index contributed by atoms with van der Waals surface area (Å²) in [4.78, 5) is 6.95. The van der Waals surface area contributed by atoms with Crippen LogP contribution in [-0.4, -0.2) is 4.98 Å². The van der Waals surface area contributed by atoms with Crippen LogP contribution in [-0.2, 0) is 6.54 Å². The number of benzene rings is 5. The Kier molecular flexibility index (Phi) is 5.19. The van der Waals surface area contributed by atoms with Crippen LogP contribution in [0.3, 0.4) is 0 Å². The molecule has 4 heterocycles. The highest BCUT2D eigenvalue weighted by molar-refractivity contribution is 6.06. The van der Waals surface area contributed by atoms with Gasteiger partial charge in [0.2, 0.25) is 0 Å². The fraction of sp³-hybridized carbons (Fsp3) is 0.0263. The van der Waals surface area contributed by atoms with Crippen molar-refractivity contribution in [2.45, 2.75) is 6.54 Å². The van der Waals surface area contributed by atoms with Crippen LogP contribution >= 0.6 is 0 Å². The molecule has 0 amide bonds. The molecule has 5 heteroatoms. The highest BCUT2D eigenvalue weighted by Crippen LogP contribution is 2.43. The average molecular weight is 556 g/mol. The number of fused-ring (bicyclic) bond motifs is 7. The molecule has 0 saturated heterocycles. The van der Waals surface area contributed by atoms with E-state index >= 15 is 0 Å². The average Bonchev–Trinajstić information content (AvgIpc) is 3.63. The SMILES string of the molecule is C1=Cc2c(oc3cc(N(c4cc(-c5ccccc5)c5ccccc5c4)c4ccc5oc6cccnc6c5c4)ccc23)CN1. The summed E-state index contributed by atoms with van der Waals surface area (Å²) in [6.45, 7) is 0.682. The summed E-state index contributed by atoms with van der Waals surface area (Å²) in [5, 5.41) is 7.74. The van der Waals surface area contributed by atoms with Crippen LogP contribution in [0.25, 0.3) is 61.0 Å². The molecule has 9 rings (SSSR count). The molecule has 0 bridgehead atoms. The molecular weight excluding hydrogens is 530 g/mol. The summed E-state index contributed by atoms with van der Waals surface area (Å²) < 4.78 is 12.5. The van der Waals surface area contributed by atoms with Crippen LogP contribution in [0.1, 0.15) is 11.3 Å². The molecule has 0 saturated carbocycles. The van der Waals surface area contributed by atoms with Gasteiger partial charge in [-0.25, -0.2) is 0 Å². The fourth-order valence-corrected chi connectivity index (χ4v) is 6.36. The van der Waals surface area contributed by atoms with E-state index in [-0.39, 0.29) is 0 Å². The predicted molar refractivity (Wildman–Crippen MR) is 175 cm³/mol. The van der Waals surface area contributed by atoms with Crippen LogP contribution in [0.2, 0.25) is 0 Å². The van der Waals surface area contributed by atoms with Gasteiger partial charge in [0, 0.05) is 45.7 Å². The molecule has 5 aromatic carbocycles. The van der Waals surface area contributed by atoms with Gasteiger partial charge in [-0.05, 0) is 88.8 Å². The Hall–Kier alpha value is -5.81. The van der Waals surface area contributed by atoms with Gasteiger partial charge >= 0.3 is 0 Å². The molecule has 5 nitrogen and oxygen atoms in total. The minimum atomic E-state index is 0.682. The van der Waals surface area contributed by atoms with Gasteiger partial charge in [0.05, 0.1) is 6.54 Å². The molecule has 3 aromatic heterocycles. The maximum absolute atomic E-state index is 6.37. The largest absolute Gasteiger partial charge is 0.458 e. The van der Waals surface area contributed by atoms with Crippen LogP contribution in [0.5, 0.6) is 0 Å². The lowest BCUT2D eigenvalue weighted by Crippen LogP contribution is -2.10. The molecule has 204 valence electrons. The number of anilines is 3. The maximum Gasteiger partial charge on any atom is 0.153 e. The zero-order valence-corrected chi connectivity index (χ0v) is 23.1. The first-order valence-electron chi connectivity index (χ1n) is 14.4. The second-order valence-corrected chi connectivity index (χ2v) is 10.9. The van der Waals surface area contributed by atoms with Crippen molar-refractivity contribution in [3.05, 3.63) is 139 Å². The minimum absolute atomic E-state index is 0.682. The van der Waals surface area contributed by atoms with Gasteiger partial charge in [0.25, 0.3) is 0 Å². The van der Waals surface area contributed by atoms with E-state index in [2.05, 4.69) is 118 Å². The van der Waals surface area contributed by atoms with Crippen LogP contribution in [0.4, 0.5) is 17.1 Å². The number of aromatic nitrogens is 1. The second kappa shape index (κ2) is 9.36. The predicted octanol–water partition coefficient (Wildman–Crippen LogP) is 10.1. The summed E-state index contributed by atoms with van der Waals surface area (Å²) in [6, 6.07) is 40.4. The summed E-state index contributed by atoms with van der Waals surface area (Å²) in [7, 11) is 0. The molecule has 0 unspecified atom stereocenters. The fourth-order valence-electron chi connectivity index (χ4n) is 6.36. The Bertz CT molecular complexity index is 2360. The second-order valence-electron chi connectivity index (χ2n) is 10.9. The molecular formula is C38H25N3O2. The van der Waals surface area contributed by atoms with Gasteiger partial charge in [0.1, 0.15) is 22.4 Å². The number of hydrogen-bond acceptors (Lipinski definition) is 5. The molecule has 0 fully saturated rings. The van der Waals surface area contributed by atoms with Crippen LogP contribution in [0, 0.1) is 0 Å². The molecule has 8 aromatic rings. The van der Waals surface area contributed by atoms with Crippen molar-refractivity contribution in [3.8, 4) is 11.1 Å². The van der Waals surface area contributed by atoms with Crippen molar-refractivity contribution in [1.29, 1.82) is 0 Å². The Balaban J connectivity index is 1.31. The molecule has 0 radical (unpaired) electrons. The molecule has 0 atom stereocenters. The van der Waals surface area contributed by atoms with Gasteiger partial charge < -0.3 is 19.1 Å². The van der Waals surface area contributed by atoms with Crippen molar-refractivity contribution in [1.82, 2.24) is 10.3 Å². The summed E-state index contributed by atoms with van der Waals surface area (Å²) >= 11 is 0. The van der Waals surface area contributed by atoms with Gasteiger partial charge in [-0.3, -0.25) is 4.98 Å². The lowest BCUT2D eigenvalue weighted by Gasteiger charge is -2.27. The van der Waals surface area contributed by atoms with Crippen molar-refractivity contribution < 1.29 is 8.83 Å². The standard InChI is InChI=1S/C38H25N3O2/c1-2-7-24(8-3-1)32-21-28(19-25-9-4-5-10-29(25)32)41(26-13-15-34-33(20-26)38-35(42-34)11-6-17-40-38)27-12-14-30-31-16-18-39-23-37(31)43-36(30)22-27/h1-22,39H,23H2. The van der Waals surface area contributed by atoms with E-state index < -0.39 is 0 Å². The molecule has 0 spiro atoms. The number of pyridine rings is 1. The van der Waals surface area contributed by atoms with Crippen LogP contribution in [0.15, 0.2) is 136 Å². The highest BCUT2D eigenvalue weighted by Gasteiger charge is 2.21. The lowest BCUT2D eigenvalue weighted by atomic mass is 9.96. The maximum atomic E-state index is 6.37. The van der Waals surface area contributed by atoms with E-state index in [1.165, 1.54) is 21.9 Å². The number of nitrogens with zero attached hydrogens (tertiary/aromatic N) is 2. The summed E-state index contributed by atoms with van der Waals surface area (Å²) in [6.07, 6.45) is 5.88. The first-order chi connectivity index (χ1) is 21.3. The van der Waals surface area contributed by atoms with E-state index in [1.807, 2.05) is 30.6 Å². The smallest absolute Gasteiger partial charge is 0.153 e. The topological polar surface area (TPSA) is 54.4 Å². The van der Waals surface area contributed by atoms with E-state index in [9.17, 15) is 0 Å². The third-order valence-electron chi connectivity index (χ3n) is 8.33. The van der Waals surface area contributed by atoms with E-state index in [0.29, 0.717) is 6.54 Å².